The number of amides is 1. The zero-order valence-electron chi connectivity index (χ0n) is 15.6. The summed E-state index contributed by atoms with van der Waals surface area (Å²) in [6.45, 7) is 3.62. The van der Waals surface area contributed by atoms with Gasteiger partial charge in [0, 0.05) is 57.2 Å². The number of allylic oxidation sites excluding steroid dienone is 1. The van der Waals surface area contributed by atoms with Gasteiger partial charge in [0.2, 0.25) is 5.91 Å². The Labute approximate surface area is 156 Å². The van der Waals surface area contributed by atoms with Crippen molar-refractivity contribution >= 4 is 5.91 Å². The number of ether oxygens (including phenoxy) is 1. The van der Waals surface area contributed by atoms with Crippen molar-refractivity contribution in [3.8, 4) is 0 Å². The molecule has 2 saturated heterocycles. The summed E-state index contributed by atoms with van der Waals surface area (Å²) in [7, 11) is 1.81. The molecule has 0 bridgehead atoms. The van der Waals surface area contributed by atoms with Gasteiger partial charge in [0.05, 0.1) is 12.1 Å². The van der Waals surface area contributed by atoms with Crippen LogP contribution in [0, 0.1) is 5.92 Å². The van der Waals surface area contributed by atoms with Gasteiger partial charge in [-0.25, -0.2) is 0 Å². The monoisotopic (exact) mass is 355 g/mol. The fourth-order valence-electron chi connectivity index (χ4n) is 4.88. The first kappa shape index (κ1) is 17.7. The molecule has 1 aromatic rings. The lowest BCUT2D eigenvalue weighted by atomic mass is 9.87. The van der Waals surface area contributed by atoms with Crippen molar-refractivity contribution in [1.29, 1.82) is 0 Å². The quantitative estimate of drug-likeness (QED) is 0.833. The van der Waals surface area contributed by atoms with Gasteiger partial charge in [-0.05, 0) is 43.7 Å². The predicted octanol–water partition coefficient (Wildman–Crippen LogP) is 2.63. The molecule has 26 heavy (non-hydrogen) atoms. The largest absolute Gasteiger partial charge is 0.381 e. The lowest BCUT2D eigenvalue weighted by Crippen LogP contribution is -2.54. The predicted molar refractivity (Wildman–Crippen MR) is 100 cm³/mol. The second-order valence-electron chi connectivity index (χ2n) is 7.82. The van der Waals surface area contributed by atoms with Crippen LogP contribution in [0.3, 0.4) is 0 Å². The van der Waals surface area contributed by atoms with Crippen LogP contribution in [-0.4, -0.2) is 59.6 Å². The van der Waals surface area contributed by atoms with Gasteiger partial charge in [0.1, 0.15) is 0 Å². The summed E-state index contributed by atoms with van der Waals surface area (Å²) >= 11 is 0. The molecule has 2 fully saturated rings. The van der Waals surface area contributed by atoms with E-state index in [1.54, 1.807) is 0 Å². The lowest BCUT2D eigenvalue weighted by Gasteiger charge is -2.41. The summed E-state index contributed by atoms with van der Waals surface area (Å²) in [6.07, 6.45) is 11.5. The highest BCUT2D eigenvalue weighted by Crippen LogP contribution is 2.34. The van der Waals surface area contributed by atoms with E-state index in [0.717, 1.165) is 57.4 Å². The van der Waals surface area contributed by atoms with Crippen molar-refractivity contribution in [1.82, 2.24) is 14.8 Å². The Morgan fingerprint density at radius 1 is 1.35 bits per heavy atom. The summed E-state index contributed by atoms with van der Waals surface area (Å²) < 4.78 is 5.79. The van der Waals surface area contributed by atoms with Crippen LogP contribution < -0.4 is 0 Å². The van der Waals surface area contributed by atoms with Crippen LogP contribution in [0.2, 0.25) is 0 Å². The first-order valence-electron chi connectivity index (χ1n) is 9.90. The lowest BCUT2D eigenvalue weighted by molar-refractivity contribution is -0.134. The molecule has 1 aliphatic carbocycles. The number of carbonyl (C=O) groups excluding carboxylic acids is 1. The molecule has 140 valence electrons. The van der Waals surface area contributed by atoms with Crippen molar-refractivity contribution in [2.24, 2.45) is 5.92 Å². The summed E-state index contributed by atoms with van der Waals surface area (Å²) in [5, 5.41) is 0. The van der Waals surface area contributed by atoms with Crippen LogP contribution in [0.25, 0.3) is 0 Å². The van der Waals surface area contributed by atoms with Gasteiger partial charge in [0.15, 0.2) is 0 Å². The average molecular weight is 355 g/mol. The first-order chi connectivity index (χ1) is 12.8. The second-order valence-corrected chi connectivity index (χ2v) is 7.82. The molecule has 4 rings (SSSR count). The number of hydrogen-bond acceptors (Lipinski definition) is 4. The molecule has 2 aliphatic heterocycles. The van der Waals surface area contributed by atoms with E-state index in [9.17, 15) is 4.79 Å². The van der Waals surface area contributed by atoms with Crippen LogP contribution in [0.15, 0.2) is 36.2 Å². The molecule has 0 aromatic carbocycles. The SMILES string of the molecule is CO[C@@H]1CCN(C(=O)C2=CCCCC2)[C@H]2CN(Cc3cccnc3)C[C@@H]12. The number of aromatic nitrogens is 1. The molecule has 0 saturated carbocycles. The maximum Gasteiger partial charge on any atom is 0.249 e. The summed E-state index contributed by atoms with van der Waals surface area (Å²) in [5.74, 6) is 0.677. The van der Waals surface area contributed by atoms with Gasteiger partial charge in [-0.15, -0.1) is 0 Å². The third-order valence-electron chi connectivity index (χ3n) is 6.20. The number of nitrogens with zero attached hydrogens (tertiary/aromatic N) is 3. The third kappa shape index (κ3) is 3.55. The molecule has 3 atom stereocenters. The highest BCUT2D eigenvalue weighted by atomic mass is 16.5. The number of hydrogen-bond donors (Lipinski definition) is 0. The van der Waals surface area contributed by atoms with Crippen molar-refractivity contribution in [2.45, 2.75) is 50.8 Å². The van der Waals surface area contributed by atoms with E-state index >= 15 is 0 Å². The Morgan fingerprint density at radius 2 is 2.27 bits per heavy atom. The van der Waals surface area contributed by atoms with E-state index in [1.165, 1.54) is 12.0 Å². The van der Waals surface area contributed by atoms with E-state index in [1.807, 2.05) is 25.6 Å². The minimum absolute atomic E-state index is 0.253. The number of piperidine rings is 1. The van der Waals surface area contributed by atoms with Gasteiger partial charge in [-0.3, -0.25) is 14.7 Å². The Hall–Kier alpha value is -1.72. The zero-order chi connectivity index (χ0) is 17.9. The Kier molecular flexibility index (Phi) is 5.36. The maximum absolute atomic E-state index is 13.1. The summed E-state index contributed by atoms with van der Waals surface area (Å²) in [6, 6.07) is 4.38. The number of fused-ring (bicyclic) bond motifs is 1. The fourth-order valence-corrected chi connectivity index (χ4v) is 4.88. The van der Waals surface area contributed by atoms with Crippen LogP contribution in [-0.2, 0) is 16.1 Å². The molecule has 1 amide bonds. The maximum atomic E-state index is 13.1. The van der Waals surface area contributed by atoms with Crippen LogP contribution in [0.1, 0.15) is 37.7 Å². The van der Waals surface area contributed by atoms with Crippen molar-refractivity contribution in [3.05, 3.63) is 41.7 Å². The smallest absolute Gasteiger partial charge is 0.249 e. The molecule has 0 spiro atoms. The molecule has 0 radical (unpaired) electrons. The van der Waals surface area contributed by atoms with Crippen molar-refractivity contribution in [3.63, 3.8) is 0 Å². The highest BCUT2D eigenvalue weighted by molar-refractivity contribution is 5.94. The number of pyridine rings is 1. The Balaban J connectivity index is 1.50. The fraction of sp³-hybridized carbons (Fsp3) is 0.619. The highest BCUT2D eigenvalue weighted by Gasteiger charge is 2.46. The second kappa shape index (κ2) is 7.89. The molecular formula is C21H29N3O2. The van der Waals surface area contributed by atoms with Crippen LogP contribution >= 0.6 is 0 Å². The molecule has 0 N–H and O–H groups in total. The van der Waals surface area contributed by atoms with Crippen LogP contribution in [0.4, 0.5) is 0 Å². The minimum Gasteiger partial charge on any atom is -0.381 e. The van der Waals surface area contributed by atoms with Crippen LogP contribution in [0.5, 0.6) is 0 Å². The topological polar surface area (TPSA) is 45.7 Å². The van der Waals surface area contributed by atoms with Crippen molar-refractivity contribution < 1.29 is 9.53 Å². The zero-order valence-corrected chi connectivity index (χ0v) is 15.6. The normalized spacial score (nSPS) is 29.3. The molecule has 3 heterocycles. The minimum atomic E-state index is 0.253. The molecule has 5 nitrogen and oxygen atoms in total. The molecular weight excluding hydrogens is 326 g/mol. The number of rotatable bonds is 4. The number of likely N-dealkylation sites (tertiary alicyclic amines) is 2. The Morgan fingerprint density at radius 3 is 3.00 bits per heavy atom. The summed E-state index contributed by atoms with van der Waals surface area (Å²) in [5.41, 5.74) is 2.27. The van der Waals surface area contributed by atoms with E-state index in [0.29, 0.717) is 5.92 Å². The van der Waals surface area contributed by atoms with E-state index < -0.39 is 0 Å². The number of methoxy groups -OCH3 is 1. The van der Waals surface area contributed by atoms with E-state index in [-0.39, 0.29) is 18.1 Å². The van der Waals surface area contributed by atoms with Gasteiger partial charge in [-0.1, -0.05) is 12.1 Å². The average Bonchev–Trinajstić information content (AvgIpc) is 3.11. The van der Waals surface area contributed by atoms with E-state index in [4.69, 9.17) is 4.74 Å². The van der Waals surface area contributed by atoms with Gasteiger partial charge >= 0.3 is 0 Å². The molecule has 3 aliphatic rings. The molecule has 1 aromatic heterocycles. The van der Waals surface area contributed by atoms with E-state index in [2.05, 4.69) is 26.9 Å². The van der Waals surface area contributed by atoms with Gasteiger partial charge in [-0.2, -0.15) is 0 Å². The van der Waals surface area contributed by atoms with Gasteiger partial charge in [0.25, 0.3) is 0 Å². The summed E-state index contributed by atoms with van der Waals surface area (Å²) in [4.78, 5) is 22.0. The third-order valence-corrected chi connectivity index (χ3v) is 6.20. The van der Waals surface area contributed by atoms with Crippen molar-refractivity contribution in [2.75, 3.05) is 26.7 Å². The molecule has 0 unspecified atom stereocenters. The number of carbonyl (C=O) groups is 1. The Bertz CT molecular complexity index is 660. The molecule has 5 heteroatoms. The standard InChI is InChI=1S/C21H29N3O2/c1-26-20-9-11-24(21(25)17-7-3-2-4-8-17)19-15-23(14-18(19)20)13-16-6-5-10-22-12-16/h5-7,10,12,18-20H,2-4,8-9,11,13-15H2,1H3/t18-,19+,20-/m1/s1. The van der Waals surface area contributed by atoms with Gasteiger partial charge < -0.3 is 9.64 Å². The first-order valence-corrected chi connectivity index (χ1v) is 9.90.